The van der Waals surface area contributed by atoms with Crippen molar-refractivity contribution in [3.63, 3.8) is 0 Å². The molecule has 1 N–H and O–H groups in total. The number of nitrogens with zero attached hydrogens (tertiary/aromatic N) is 2. The average molecular weight is 395 g/mol. The van der Waals surface area contributed by atoms with Gasteiger partial charge in [-0.2, -0.15) is 0 Å². The number of likely N-dealkylation sites (tertiary alicyclic amines) is 1. The van der Waals surface area contributed by atoms with E-state index in [4.69, 9.17) is 4.74 Å². The molecular weight excluding hydrogens is 360 g/mol. The molecule has 2 fully saturated rings. The minimum absolute atomic E-state index is 0.292. The van der Waals surface area contributed by atoms with Crippen molar-refractivity contribution in [2.45, 2.75) is 44.8 Å². The minimum Gasteiger partial charge on any atom is -0.508 e. The number of aromatic hydroxyl groups is 1. The Balaban J connectivity index is 1.28. The van der Waals surface area contributed by atoms with Gasteiger partial charge in [0.1, 0.15) is 5.75 Å². The number of aryl methyl sites for hydroxylation is 1. The third-order valence-electron chi connectivity index (χ3n) is 6.35. The first-order chi connectivity index (χ1) is 14.2. The molecule has 4 nitrogen and oxygen atoms in total. The summed E-state index contributed by atoms with van der Waals surface area (Å²) in [6, 6.07) is 16.7. The summed E-state index contributed by atoms with van der Waals surface area (Å²) in [6.45, 7) is 9.40. The largest absolute Gasteiger partial charge is 0.508 e. The van der Waals surface area contributed by atoms with E-state index in [0.29, 0.717) is 17.8 Å². The third kappa shape index (κ3) is 5.81. The number of benzene rings is 2. The van der Waals surface area contributed by atoms with E-state index in [1.165, 1.54) is 16.7 Å². The monoisotopic (exact) mass is 394 g/mol. The molecule has 0 bridgehead atoms. The lowest BCUT2D eigenvalue weighted by Gasteiger charge is -2.35. The molecule has 0 aromatic heterocycles. The van der Waals surface area contributed by atoms with Crippen LogP contribution in [0.25, 0.3) is 0 Å². The predicted octanol–water partition coefficient (Wildman–Crippen LogP) is 4.17. The Kier molecular flexibility index (Phi) is 6.86. The fourth-order valence-corrected chi connectivity index (χ4v) is 4.69. The lowest BCUT2D eigenvalue weighted by molar-refractivity contribution is 0.0203. The zero-order valence-corrected chi connectivity index (χ0v) is 17.6. The molecule has 2 heterocycles. The number of piperidine rings is 1. The van der Waals surface area contributed by atoms with Gasteiger partial charge in [-0.3, -0.25) is 4.90 Å². The Morgan fingerprint density at radius 1 is 1.00 bits per heavy atom. The van der Waals surface area contributed by atoms with Gasteiger partial charge in [-0.1, -0.05) is 42.0 Å². The molecule has 0 amide bonds. The summed E-state index contributed by atoms with van der Waals surface area (Å²) in [5, 5.41) is 9.75. The van der Waals surface area contributed by atoms with Gasteiger partial charge in [0, 0.05) is 32.8 Å². The molecule has 2 aromatic rings. The van der Waals surface area contributed by atoms with E-state index in [1.54, 1.807) is 6.07 Å². The lowest BCUT2D eigenvalue weighted by atomic mass is 9.89. The number of ether oxygens (including phenoxy) is 1. The van der Waals surface area contributed by atoms with Gasteiger partial charge in [-0.05, 0) is 68.5 Å². The summed E-state index contributed by atoms with van der Waals surface area (Å²) < 4.78 is 6.20. The standard InChI is InChI=1S/C25H34N2O2/c1-20-6-8-21(9-7-20)17-27-12-3-15-29-25(19-27)18-26-13-10-22(11-14-26)23-4-2-5-24(28)16-23/h2,4-9,16,22,25,28H,3,10-15,17-19H2,1H3. The first-order valence-electron chi connectivity index (χ1n) is 11.1. The number of rotatable bonds is 5. The van der Waals surface area contributed by atoms with E-state index in [9.17, 15) is 5.11 Å². The maximum Gasteiger partial charge on any atom is 0.115 e. The molecule has 1 unspecified atom stereocenters. The normalized spacial score (nSPS) is 22.4. The van der Waals surface area contributed by atoms with E-state index < -0.39 is 0 Å². The molecule has 1 atom stereocenters. The first kappa shape index (κ1) is 20.4. The van der Waals surface area contributed by atoms with Gasteiger partial charge in [-0.15, -0.1) is 0 Å². The second-order valence-corrected chi connectivity index (χ2v) is 8.74. The Labute approximate surface area is 175 Å². The predicted molar refractivity (Wildman–Crippen MR) is 117 cm³/mol. The minimum atomic E-state index is 0.292. The fourth-order valence-electron chi connectivity index (χ4n) is 4.69. The van der Waals surface area contributed by atoms with Crippen LogP contribution in [-0.4, -0.2) is 60.3 Å². The molecule has 2 aliphatic rings. The van der Waals surface area contributed by atoms with Gasteiger partial charge in [-0.25, -0.2) is 0 Å². The molecule has 0 saturated carbocycles. The van der Waals surface area contributed by atoms with Gasteiger partial charge < -0.3 is 14.7 Å². The molecule has 29 heavy (non-hydrogen) atoms. The second-order valence-electron chi connectivity index (χ2n) is 8.74. The molecule has 2 saturated heterocycles. The molecular formula is C25H34N2O2. The Hall–Kier alpha value is -1.88. The van der Waals surface area contributed by atoms with E-state index >= 15 is 0 Å². The van der Waals surface area contributed by atoms with Crippen LogP contribution >= 0.6 is 0 Å². The maximum absolute atomic E-state index is 9.75. The van der Waals surface area contributed by atoms with Gasteiger partial charge in [0.25, 0.3) is 0 Å². The molecule has 0 aliphatic carbocycles. The van der Waals surface area contributed by atoms with Gasteiger partial charge in [0.05, 0.1) is 6.10 Å². The molecule has 2 aliphatic heterocycles. The van der Waals surface area contributed by atoms with Crippen molar-refractivity contribution in [1.82, 2.24) is 9.80 Å². The van der Waals surface area contributed by atoms with Gasteiger partial charge in [0.15, 0.2) is 0 Å². The van der Waals surface area contributed by atoms with E-state index in [0.717, 1.165) is 65.1 Å². The van der Waals surface area contributed by atoms with Crippen LogP contribution in [0.1, 0.15) is 41.9 Å². The summed E-state index contributed by atoms with van der Waals surface area (Å²) >= 11 is 0. The summed E-state index contributed by atoms with van der Waals surface area (Å²) in [5.41, 5.74) is 3.99. The highest BCUT2D eigenvalue weighted by atomic mass is 16.5. The van der Waals surface area contributed by atoms with Gasteiger partial charge in [0.2, 0.25) is 0 Å². The van der Waals surface area contributed by atoms with Crippen molar-refractivity contribution < 1.29 is 9.84 Å². The number of hydrogen-bond donors (Lipinski definition) is 1. The summed E-state index contributed by atoms with van der Waals surface area (Å²) in [4.78, 5) is 5.13. The Bertz CT molecular complexity index is 769. The zero-order chi connectivity index (χ0) is 20.1. The molecule has 4 rings (SSSR count). The van der Waals surface area contributed by atoms with Crippen LogP contribution in [0.2, 0.25) is 0 Å². The third-order valence-corrected chi connectivity index (χ3v) is 6.35. The maximum atomic E-state index is 9.75. The fraction of sp³-hybridized carbons (Fsp3) is 0.520. The topological polar surface area (TPSA) is 35.9 Å². The quantitative estimate of drug-likeness (QED) is 0.826. The average Bonchev–Trinajstić information content (AvgIpc) is 2.95. The second kappa shape index (κ2) is 9.75. The van der Waals surface area contributed by atoms with Crippen molar-refractivity contribution in [2.75, 3.05) is 39.3 Å². The lowest BCUT2D eigenvalue weighted by Crippen LogP contribution is -2.43. The van der Waals surface area contributed by atoms with Crippen molar-refractivity contribution in [3.05, 3.63) is 65.2 Å². The molecule has 0 radical (unpaired) electrons. The van der Waals surface area contributed by atoms with Gasteiger partial charge >= 0.3 is 0 Å². The smallest absolute Gasteiger partial charge is 0.115 e. The SMILES string of the molecule is Cc1ccc(CN2CCCOC(CN3CCC(c4cccc(O)c4)CC3)C2)cc1. The van der Waals surface area contributed by atoms with Crippen LogP contribution in [0.5, 0.6) is 5.75 Å². The zero-order valence-electron chi connectivity index (χ0n) is 17.6. The van der Waals surface area contributed by atoms with Crippen molar-refractivity contribution in [1.29, 1.82) is 0 Å². The molecule has 2 aromatic carbocycles. The van der Waals surface area contributed by atoms with Crippen molar-refractivity contribution in [2.24, 2.45) is 0 Å². The van der Waals surface area contributed by atoms with Crippen molar-refractivity contribution in [3.8, 4) is 5.75 Å². The molecule has 156 valence electrons. The molecule has 4 heteroatoms. The van der Waals surface area contributed by atoms with Crippen LogP contribution in [0.15, 0.2) is 48.5 Å². The van der Waals surface area contributed by atoms with Crippen LogP contribution in [-0.2, 0) is 11.3 Å². The van der Waals surface area contributed by atoms with E-state index in [-0.39, 0.29) is 0 Å². The van der Waals surface area contributed by atoms with E-state index in [1.807, 2.05) is 12.1 Å². The highest BCUT2D eigenvalue weighted by Gasteiger charge is 2.25. The first-order valence-corrected chi connectivity index (χ1v) is 11.1. The summed E-state index contributed by atoms with van der Waals surface area (Å²) in [7, 11) is 0. The molecule has 0 spiro atoms. The van der Waals surface area contributed by atoms with Crippen LogP contribution in [0, 0.1) is 6.92 Å². The highest BCUT2D eigenvalue weighted by Crippen LogP contribution is 2.30. The van der Waals surface area contributed by atoms with E-state index in [2.05, 4.69) is 47.1 Å². The van der Waals surface area contributed by atoms with Crippen LogP contribution in [0.3, 0.4) is 0 Å². The summed E-state index contributed by atoms with van der Waals surface area (Å²) in [6.07, 6.45) is 3.72. The number of hydrogen-bond acceptors (Lipinski definition) is 4. The number of phenolic OH excluding ortho intramolecular Hbond substituents is 1. The van der Waals surface area contributed by atoms with Crippen molar-refractivity contribution >= 4 is 0 Å². The Morgan fingerprint density at radius 3 is 2.55 bits per heavy atom. The highest BCUT2D eigenvalue weighted by molar-refractivity contribution is 5.30. The van der Waals surface area contributed by atoms with Crippen LogP contribution < -0.4 is 0 Å². The van der Waals surface area contributed by atoms with Crippen LogP contribution in [0.4, 0.5) is 0 Å². The number of phenols is 1. The Morgan fingerprint density at radius 2 is 1.79 bits per heavy atom. The summed E-state index contributed by atoms with van der Waals surface area (Å²) in [5.74, 6) is 0.942.